The van der Waals surface area contributed by atoms with Crippen LogP contribution in [0.3, 0.4) is 0 Å². The molecular formula is C22H23NO5. The minimum atomic E-state index is -0.106. The molecule has 0 saturated heterocycles. The smallest absolute Gasteiger partial charge is 0.231 e. The fourth-order valence-corrected chi connectivity index (χ4v) is 3.51. The summed E-state index contributed by atoms with van der Waals surface area (Å²) in [7, 11) is 3.30. The lowest BCUT2D eigenvalue weighted by Gasteiger charge is -2.30. The number of methoxy groups -OCH3 is 2. The molecule has 2 aromatic carbocycles. The second kappa shape index (κ2) is 7.66. The van der Waals surface area contributed by atoms with Crippen molar-refractivity contribution in [2.45, 2.75) is 13.5 Å². The van der Waals surface area contributed by atoms with E-state index in [1.807, 2.05) is 37.3 Å². The molecule has 0 bridgehead atoms. The van der Waals surface area contributed by atoms with E-state index in [-0.39, 0.29) is 5.78 Å². The molecule has 6 nitrogen and oxygen atoms in total. The number of fused-ring (bicyclic) bond motifs is 2. The molecule has 0 aliphatic carbocycles. The van der Waals surface area contributed by atoms with Crippen LogP contribution in [-0.4, -0.2) is 44.8 Å². The molecule has 0 fully saturated rings. The summed E-state index contributed by atoms with van der Waals surface area (Å²) in [5.74, 6) is 2.38. The molecule has 4 rings (SSSR count). The summed E-state index contributed by atoms with van der Waals surface area (Å²) in [6.07, 6.45) is 1.76. The van der Waals surface area contributed by atoms with Crippen LogP contribution >= 0.6 is 0 Å². The van der Waals surface area contributed by atoms with E-state index in [9.17, 15) is 4.79 Å². The van der Waals surface area contributed by atoms with Gasteiger partial charge in [0.2, 0.25) is 5.78 Å². The van der Waals surface area contributed by atoms with Crippen LogP contribution < -0.4 is 14.2 Å². The number of carbonyl (C=O) groups excluding carboxylic acids is 1. The third-order valence-corrected chi connectivity index (χ3v) is 5.03. The molecule has 6 heteroatoms. The van der Waals surface area contributed by atoms with Gasteiger partial charge in [-0.1, -0.05) is 12.1 Å². The van der Waals surface area contributed by atoms with Gasteiger partial charge in [-0.15, -0.1) is 0 Å². The summed E-state index contributed by atoms with van der Waals surface area (Å²) in [6, 6.07) is 9.38. The van der Waals surface area contributed by atoms with Crippen molar-refractivity contribution in [3.8, 4) is 17.2 Å². The molecule has 0 radical (unpaired) electrons. The van der Waals surface area contributed by atoms with E-state index in [0.29, 0.717) is 30.4 Å². The van der Waals surface area contributed by atoms with Crippen LogP contribution in [0.25, 0.3) is 6.08 Å². The minimum Gasteiger partial charge on any atom is -0.497 e. The third-order valence-electron chi connectivity index (χ3n) is 5.03. The Balaban J connectivity index is 1.62. The first-order valence-corrected chi connectivity index (χ1v) is 9.19. The highest BCUT2D eigenvalue weighted by molar-refractivity contribution is 6.15. The number of ether oxygens (including phenoxy) is 4. The lowest BCUT2D eigenvalue weighted by molar-refractivity contribution is 0.0649. The Hall–Kier alpha value is -2.83. The van der Waals surface area contributed by atoms with Crippen LogP contribution in [0.1, 0.15) is 27.0 Å². The molecule has 2 aliphatic rings. The fraction of sp³-hybridized carbons (Fsp3) is 0.318. The van der Waals surface area contributed by atoms with Crippen molar-refractivity contribution in [2.75, 3.05) is 34.1 Å². The molecule has 0 unspecified atom stereocenters. The number of hydrogen-bond acceptors (Lipinski definition) is 6. The zero-order valence-electron chi connectivity index (χ0n) is 16.3. The van der Waals surface area contributed by atoms with Gasteiger partial charge < -0.3 is 18.9 Å². The fourth-order valence-electron chi connectivity index (χ4n) is 3.51. The maximum absolute atomic E-state index is 12.9. The van der Waals surface area contributed by atoms with E-state index < -0.39 is 0 Å². The van der Waals surface area contributed by atoms with Crippen molar-refractivity contribution < 1.29 is 23.7 Å². The summed E-state index contributed by atoms with van der Waals surface area (Å²) in [5.41, 5.74) is 3.33. The van der Waals surface area contributed by atoms with Crippen LogP contribution in [0.4, 0.5) is 0 Å². The van der Waals surface area contributed by atoms with Gasteiger partial charge >= 0.3 is 0 Å². The van der Waals surface area contributed by atoms with Crippen molar-refractivity contribution in [3.05, 3.63) is 58.3 Å². The van der Waals surface area contributed by atoms with Gasteiger partial charge in [0.25, 0.3) is 0 Å². The minimum absolute atomic E-state index is 0.106. The van der Waals surface area contributed by atoms with E-state index in [0.717, 1.165) is 41.3 Å². The van der Waals surface area contributed by atoms with Crippen LogP contribution in [-0.2, 0) is 11.3 Å². The largest absolute Gasteiger partial charge is 0.497 e. The van der Waals surface area contributed by atoms with E-state index in [1.165, 1.54) is 0 Å². The number of ketones is 1. The van der Waals surface area contributed by atoms with Crippen LogP contribution in [0.15, 0.2) is 36.1 Å². The van der Waals surface area contributed by atoms with Gasteiger partial charge in [-0.05, 0) is 36.8 Å². The zero-order chi connectivity index (χ0) is 19.7. The Bertz CT molecular complexity index is 933. The first-order valence-electron chi connectivity index (χ1n) is 9.19. The Kier molecular flexibility index (Phi) is 5.07. The van der Waals surface area contributed by atoms with Crippen molar-refractivity contribution in [3.63, 3.8) is 0 Å². The quantitative estimate of drug-likeness (QED) is 0.740. The lowest BCUT2D eigenvalue weighted by Crippen LogP contribution is -2.34. The molecule has 0 saturated carbocycles. The highest BCUT2D eigenvalue weighted by atomic mass is 16.5. The number of benzene rings is 2. The van der Waals surface area contributed by atoms with Crippen molar-refractivity contribution in [1.29, 1.82) is 0 Å². The van der Waals surface area contributed by atoms with Crippen molar-refractivity contribution in [1.82, 2.24) is 4.90 Å². The first kappa shape index (κ1) is 18.5. The van der Waals surface area contributed by atoms with Gasteiger partial charge in [0.1, 0.15) is 24.0 Å². The number of carbonyl (C=O) groups is 1. The monoisotopic (exact) mass is 381 g/mol. The molecule has 28 heavy (non-hydrogen) atoms. The maximum Gasteiger partial charge on any atom is 0.231 e. The normalized spacial score (nSPS) is 17.1. The molecule has 2 aliphatic heterocycles. The van der Waals surface area contributed by atoms with Gasteiger partial charge in [0.15, 0.2) is 5.76 Å². The Morgan fingerprint density at radius 1 is 1.18 bits per heavy atom. The first-order chi connectivity index (χ1) is 13.6. The molecule has 146 valence electrons. The molecule has 0 spiro atoms. The Morgan fingerprint density at radius 2 is 1.96 bits per heavy atom. The zero-order valence-corrected chi connectivity index (χ0v) is 16.3. The molecule has 0 aromatic heterocycles. The molecule has 2 heterocycles. The van der Waals surface area contributed by atoms with E-state index in [2.05, 4.69) is 4.90 Å². The second-order valence-electron chi connectivity index (χ2n) is 6.90. The number of rotatable bonds is 5. The second-order valence-corrected chi connectivity index (χ2v) is 6.90. The van der Waals surface area contributed by atoms with Gasteiger partial charge in [0.05, 0.1) is 19.3 Å². The maximum atomic E-state index is 12.9. The summed E-state index contributed by atoms with van der Waals surface area (Å²) in [6.45, 7) is 4.57. The lowest BCUT2D eigenvalue weighted by atomic mass is 10.00. The van der Waals surface area contributed by atoms with Crippen LogP contribution in [0, 0.1) is 6.92 Å². The number of hydrogen-bond donors (Lipinski definition) is 0. The Labute approximate surface area is 164 Å². The van der Waals surface area contributed by atoms with Gasteiger partial charge in [-0.2, -0.15) is 0 Å². The van der Waals surface area contributed by atoms with Crippen molar-refractivity contribution in [2.24, 2.45) is 0 Å². The summed E-state index contributed by atoms with van der Waals surface area (Å²) in [4.78, 5) is 15.1. The van der Waals surface area contributed by atoms with E-state index in [1.54, 1.807) is 20.3 Å². The van der Waals surface area contributed by atoms with Crippen LogP contribution in [0.5, 0.6) is 17.2 Å². The average Bonchev–Trinajstić information content (AvgIpc) is 3.03. The predicted octanol–water partition coefficient (Wildman–Crippen LogP) is 3.42. The van der Waals surface area contributed by atoms with Gasteiger partial charge in [-0.3, -0.25) is 9.69 Å². The molecular weight excluding hydrogens is 358 g/mol. The highest BCUT2D eigenvalue weighted by Gasteiger charge is 2.33. The molecule has 0 N–H and O–H groups in total. The molecule has 0 atom stereocenters. The van der Waals surface area contributed by atoms with Gasteiger partial charge in [-0.25, -0.2) is 0 Å². The third kappa shape index (κ3) is 3.37. The molecule has 0 amide bonds. The molecule has 2 aromatic rings. The summed E-state index contributed by atoms with van der Waals surface area (Å²) in [5, 5.41) is 0. The van der Waals surface area contributed by atoms with E-state index >= 15 is 0 Å². The van der Waals surface area contributed by atoms with Crippen molar-refractivity contribution >= 4 is 11.9 Å². The summed E-state index contributed by atoms with van der Waals surface area (Å²) < 4.78 is 22.2. The summed E-state index contributed by atoms with van der Waals surface area (Å²) >= 11 is 0. The predicted molar refractivity (Wildman–Crippen MR) is 105 cm³/mol. The van der Waals surface area contributed by atoms with Crippen LogP contribution in [0.2, 0.25) is 0 Å². The average molecular weight is 381 g/mol. The highest BCUT2D eigenvalue weighted by Crippen LogP contribution is 2.43. The van der Waals surface area contributed by atoms with Gasteiger partial charge in [0, 0.05) is 31.3 Å². The SMILES string of the molecule is COCCN1COc2c(cc3c(c2C)OC(=Cc2ccc(OC)cc2)C3=O)C1. The number of nitrogens with zero attached hydrogens (tertiary/aromatic N) is 1. The number of allylic oxidation sites excluding steroid dienone is 1. The topological polar surface area (TPSA) is 57.2 Å². The Morgan fingerprint density at radius 3 is 2.68 bits per heavy atom. The van der Waals surface area contributed by atoms with E-state index in [4.69, 9.17) is 18.9 Å². The number of Topliss-reactive ketones (excluding diaryl/α,β-unsaturated/α-hetero) is 1. The standard InChI is InChI=1S/C22H23NO5/c1-14-21-16(12-23(13-27-21)8-9-25-2)11-18-20(24)19(28-22(14)18)10-15-4-6-17(26-3)7-5-15/h4-7,10-11H,8-9,12-13H2,1-3H3.